The highest BCUT2D eigenvalue weighted by molar-refractivity contribution is 5.74. The Balaban J connectivity index is 2.08. The number of fused-ring (bicyclic) bond motifs is 1. The Hall–Kier alpha value is -3.09. The fraction of sp³-hybridized carbons (Fsp3) is 0.235. The molecule has 0 saturated carbocycles. The van der Waals surface area contributed by atoms with E-state index in [0.717, 1.165) is 5.56 Å². The Labute approximate surface area is 138 Å². The van der Waals surface area contributed by atoms with Crippen LogP contribution in [0.1, 0.15) is 12.5 Å². The van der Waals surface area contributed by atoms with Crippen LogP contribution in [-0.2, 0) is 20.1 Å². The molecular weight excluding hydrogens is 306 g/mol. The van der Waals surface area contributed by atoms with Crippen LogP contribution in [0.3, 0.4) is 0 Å². The number of nitrogens with one attached hydrogen (secondary N) is 2. The zero-order valence-electron chi connectivity index (χ0n) is 13.6. The monoisotopic (exact) mass is 325 g/mol. The van der Waals surface area contributed by atoms with Crippen LogP contribution in [-0.4, -0.2) is 19.1 Å². The molecule has 0 spiro atoms. The van der Waals surface area contributed by atoms with Crippen molar-refractivity contribution in [1.82, 2.24) is 19.1 Å². The molecule has 0 unspecified atom stereocenters. The van der Waals surface area contributed by atoms with Gasteiger partial charge in [0, 0.05) is 20.1 Å². The van der Waals surface area contributed by atoms with Crippen LogP contribution in [0.5, 0.6) is 0 Å². The van der Waals surface area contributed by atoms with Crippen LogP contribution in [0, 0.1) is 0 Å². The summed E-state index contributed by atoms with van der Waals surface area (Å²) >= 11 is 0. The SMILES string of the molecule is C/C=C/Cn1c(NCc2ccccc2)nc2c1c(=O)[nH]c(=O)n2C. The topological polar surface area (TPSA) is 84.7 Å². The third-order valence-corrected chi connectivity index (χ3v) is 3.82. The van der Waals surface area contributed by atoms with Gasteiger partial charge < -0.3 is 9.88 Å². The molecule has 124 valence electrons. The first-order chi connectivity index (χ1) is 11.6. The van der Waals surface area contributed by atoms with Crippen molar-refractivity contribution in [2.75, 3.05) is 5.32 Å². The average Bonchev–Trinajstić information content (AvgIpc) is 2.96. The number of aromatic nitrogens is 4. The van der Waals surface area contributed by atoms with Gasteiger partial charge in [0.15, 0.2) is 11.2 Å². The lowest BCUT2D eigenvalue weighted by atomic mass is 10.2. The molecule has 2 N–H and O–H groups in total. The molecule has 0 radical (unpaired) electrons. The number of rotatable bonds is 5. The van der Waals surface area contributed by atoms with Gasteiger partial charge in [-0.05, 0) is 12.5 Å². The minimum atomic E-state index is -0.474. The minimum absolute atomic E-state index is 0.365. The molecule has 0 amide bonds. The first-order valence-corrected chi connectivity index (χ1v) is 7.70. The van der Waals surface area contributed by atoms with Gasteiger partial charge in [-0.3, -0.25) is 14.3 Å². The lowest BCUT2D eigenvalue weighted by Gasteiger charge is -2.08. The average molecular weight is 325 g/mol. The van der Waals surface area contributed by atoms with Crippen LogP contribution in [0.2, 0.25) is 0 Å². The molecule has 0 aliphatic rings. The second-order valence-corrected chi connectivity index (χ2v) is 5.44. The van der Waals surface area contributed by atoms with Crippen LogP contribution < -0.4 is 16.6 Å². The fourth-order valence-corrected chi connectivity index (χ4v) is 2.54. The molecule has 3 rings (SSSR count). The Kier molecular flexibility index (Phi) is 4.33. The van der Waals surface area contributed by atoms with Crippen molar-refractivity contribution in [3.63, 3.8) is 0 Å². The number of allylic oxidation sites excluding steroid dienone is 2. The molecule has 1 aromatic carbocycles. The van der Waals surface area contributed by atoms with Gasteiger partial charge in [0.1, 0.15) is 0 Å². The predicted octanol–water partition coefficient (Wildman–Crippen LogP) is 1.61. The summed E-state index contributed by atoms with van der Waals surface area (Å²) in [6.07, 6.45) is 3.84. The first-order valence-electron chi connectivity index (χ1n) is 7.70. The van der Waals surface area contributed by atoms with Gasteiger partial charge in [-0.1, -0.05) is 42.5 Å². The standard InChI is InChI=1S/C17H19N5O2/c1-3-4-10-22-13-14(21(2)17(24)20-15(13)23)19-16(22)18-11-12-8-6-5-7-9-12/h3-9H,10-11H2,1-2H3,(H,18,19)(H,20,23,24)/b4-3+. The minimum Gasteiger partial charge on any atom is -0.351 e. The van der Waals surface area contributed by atoms with E-state index in [4.69, 9.17) is 0 Å². The summed E-state index contributed by atoms with van der Waals surface area (Å²) in [5, 5.41) is 3.25. The lowest BCUT2D eigenvalue weighted by Crippen LogP contribution is -2.29. The number of aromatic amines is 1. The van der Waals surface area contributed by atoms with Gasteiger partial charge in [0.2, 0.25) is 5.95 Å². The quantitative estimate of drug-likeness (QED) is 0.698. The Morgan fingerprint density at radius 2 is 2.00 bits per heavy atom. The van der Waals surface area contributed by atoms with E-state index in [1.807, 2.05) is 49.4 Å². The van der Waals surface area contributed by atoms with Crippen molar-refractivity contribution < 1.29 is 0 Å². The molecule has 3 aromatic rings. The summed E-state index contributed by atoms with van der Waals surface area (Å²) in [6.45, 7) is 2.98. The third-order valence-electron chi connectivity index (χ3n) is 3.82. The molecule has 7 heteroatoms. The number of H-pyrrole nitrogens is 1. The summed E-state index contributed by atoms with van der Waals surface area (Å²) in [7, 11) is 1.59. The van der Waals surface area contributed by atoms with Gasteiger partial charge in [-0.2, -0.15) is 4.98 Å². The van der Waals surface area contributed by atoms with Crippen molar-refractivity contribution in [2.45, 2.75) is 20.0 Å². The highest BCUT2D eigenvalue weighted by atomic mass is 16.2. The molecule has 0 fully saturated rings. The van der Waals surface area contributed by atoms with Gasteiger partial charge >= 0.3 is 5.69 Å². The van der Waals surface area contributed by atoms with Crippen LogP contribution in [0.15, 0.2) is 52.1 Å². The number of aryl methyl sites for hydroxylation is 1. The summed E-state index contributed by atoms with van der Waals surface area (Å²) in [6, 6.07) is 9.91. The smallest absolute Gasteiger partial charge is 0.329 e. The summed E-state index contributed by atoms with van der Waals surface area (Å²) in [5.74, 6) is 0.554. The molecule has 7 nitrogen and oxygen atoms in total. The number of hydrogen-bond acceptors (Lipinski definition) is 4. The number of benzene rings is 1. The van der Waals surface area contributed by atoms with Crippen molar-refractivity contribution >= 4 is 17.1 Å². The van der Waals surface area contributed by atoms with E-state index in [0.29, 0.717) is 30.2 Å². The number of imidazole rings is 1. The molecule has 0 aliphatic heterocycles. The summed E-state index contributed by atoms with van der Waals surface area (Å²) < 4.78 is 3.12. The summed E-state index contributed by atoms with van der Waals surface area (Å²) in [5.41, 5.74) is 0.940. The van der Waals surface area contributed by atoms with Crippen LogP contribution in [0.25, 0.3) is 11.2 Å². The van der Waals surface area contributed by atoms with Gasteiger partial charge in [0.25, 0.3) is 5.56 Å². The molecule has 0 aliphatic carbocycles. The Bertz CT molecular complexity index is 995. The zero-order chi connectivity index (χ0) is 17.1. The maximum Gasteiger partial charge on any atom is 0.329 e. The van der Waals surface area contributed by atoms with Crippen molar-refractivity contribution in [1.29, 1.82) is 0 Å². The molecule has 0 atom stereocenters. The lowest BCUT2D eigenvalue weighted by molar-refractivity contribution is 0.817. The van der Waals surface area contributed by atoms with E-state index in [-0.39, 0.29) is 0 Å². The van der Waals surface area contributed by atoms with E-state index >= 15 is 0 Å². The van der Waals surface area contributed by atoms with E-state index in [2.05, 4.69) is 15.3 Å². The van der Waals surface area contributed by atoms with Crippen molar-refractivity contribution in [2.24, 2.45) is 7.05 Å². The van der Waals surface area contributed by atoms with Gasteiger partial charge in [-0.15, -0.1) is 0 Å². The second-order valence-electron chi connectivity index (χ2n) is 5.44. The maximum absolute atomic E-state index is 12.2. The van der Waals surface area contributed by atoms with E-state index in [9.17, 15) is 9.59 Å². The molecule has 0 saturated heterocycles. The molecule has 2 heterocycles. The van der Waals surface area contributed by atoms with E-state index in [1.165, 1.54) is 4.57 Å². The number of anilines is 1. The van der Waals surface area contributed by atoms with Gasteiger partial charge in [0.05, 0.1) is 0 Å². The van der Waals surface area contributed by atoms with Crippen LogP contribution in [0.4, 0.5) is 5.95 Å². The van der Waals surface area contributed by atoms with Gasteiger partial charge in [-0.25, -0.2) is 4.79 Å². The third kappa shape index (κ3) is 2.88. The predicted molar refractivity (Wildman–Crippen MR) is 94.2 cm³/mol. The fourth-order valence-electron chi connectivity index (χ4n) is 2.54. The second kappa shape index (κ2) is 6.57. The largest absolute Gasteiger partial charge is 0.351 e. The zero-order valence-corrected chi connectivity index (χ0v) is 13.6. The van der Waals surface area contributed by atoms with Crippen molar-refractivity contribution in [3.8, 4) is 0 Å². The highest BCUT2D eigenvalue weighted by Gasteiger charge is 2.16. The first kappa shape index (κ1) is 15.8. The van der Waals surface area contributed by atoms with E-state index in [1.54, 1.807) is 11.6 Å². The molecular formula is C17H19N5O2. The molecule has 24 heavy (non-hydrogen) atoms. The Morgan fingerprint density at radius 1 is 1.25 bits per heavy atom. The Morgan fingerprint density at radius 3 is 2.71 bits per heavy atom. The molecule has 2 aromatic heterocycles. The highest BCUT2D eigenvalue weighted by Crippen LogP contribution is 2.16. The molecule has 0 bridgehead atoms. The normalized spacial score (nSPS) is 11.4. The maximum atomic E-state index is 12.2. The van der Waals surface area contributed by atoms with Crippen molar-refractivity contribution in [3.05, 3.63) is 68.9 Å². The summed E-state index contributed by atoms with van der Waals surface area (Å²) in [4.78, 5) is 30.8. The number of hydrogen-bond donors (Lipinski definition) is 2. The number of nitrogens with zero attached hydrogens (tertiary/aromatic N) is 3. The van der Waals surface area contributed by atoms with E-state index < -0.39 is 11.2 Å². The van der Waals surface area contributed by atoms with Crippen LogP contribution >= 0.6 is 0 Å².